The van der Waals surface area contributed by atoms with Gasteiger partial charge in [-0.05, 0) is 43.3 Å². The number of pyridine rings is 1. The zero-order valence-electron chi connectivity index (χ0n) is 20.0. The average Bonchev–Trinajstić information content (AvgIpc) is 3.23. The zero-order valence-corrected chi connectivity index (χ0v) is 20.7. The molecule has 198 valence electrons. The van der Waals surface area contributed by atoms with Crippen LogP contribution in [0.1, 0.15) is 25.5 Å². The van der Waals surface area contributed by atoms with Gasteiger partial charge in [0.25, 0.3) is 0 Å². The fourth-order valence-electron chi connectivity index (χ4n) is 3.47. The molecule has 3 aromatic rings. The van der Waals surface area contributed by atoms with Crippen molar-refractivity contribution < 1.29 is 27.8 Å². The van der Waals surface area contributed by atoms with Crippen molar-refractivity contribution in [3.63, 3.8) is 0 Å². The van der Waals surface area contributed by atoms with Crippen LogP contribution in [0.5, 0.6) is 5.88 Å². The number of anilines is 1. The summed E-state index contributed by atoms with van der Waals surface area (Å²) in [7, 11) is 0. The molecule has 1 aliphatic rings. The van der Waals surface area contributed by atoms with Crippen molar-refractivity contribution in [2.24, 2.45) is 4.99 Å². The third kappa shape index (κ3) is 7.61. The molecule has 0 aliphatic carbocycles. The first-order valence-electron chi connectivity index (χ1n) is 11.2. The molecule has 0 bridgehead atoms. The molecular formula is C24H26ClF3N6O3. The maximum atomic E-state index is 12.3. The van der Waals surface area contributed by atoms with Gasteiger partial charge in [0.2, 0.25) is 5.88 Å². The standard InChI is InChI=1S/C16H18ClF3N4O3.C8H8N2/c1-3-21-15-23-12(14(25)26)4-5-24(15)9(2)10-6-11(17)13(22-7-10)27-8-16(18,19)20;9-8-5-6-3-1-2-4-7(6)10-8/h4-7,9,15,21H,3,8H2,1-2H3,(H,25,26);1-5,10H,9H2. The summed E-state index contributed by atoms with van der Waals surface area (Å²) >= 11 is 5.99. The summed E-state index contributed by atoms with van der Waals surface area (Å²) in [5.41, 5.74) is 7.14. The van der Waals surface area contributed by atoms with Crippen molar-refractivity contribution in [2.75, 3.05) is 18.9 Å². The topological polar surface area (TPSA) is 129 Å². The maximum absolute atomic E-state index is 12.3. The molecule has 0 saturated heterocycles. The number of nitrogens with one attached hydrogen (secondary N) is 2. The third-order valence-electron chi connectivity index (χ3n) is 5.24. The van der Waals surface area contributed by atoms with Crippen LogP contribution in [0.15, 0.2) is 59.9 Å². The van der Waals surface area contributed by atoms with E-state index in [1.807, 2.05) is 37.3 Å². The number of aromatic amines is 1. The van der Waals surface area contributed by atoms with Gasteiger partial charge >= 0.3 is 12.1 Å². The number of alkyl halides is 3. The van der Waals surface area contributed by atoms with Gasteiger partial charge in [0.05, 0.1) is 6.04 Å². The number of para-hydroxylation sites is 1. The number of nitrogen functional groups attached to an aromatic ring is 1. The molecule has 0 spiro atoms. The number of aromatic nitrogens is 2. The molecule has 0 amide bonds. The highest BCUT2D eigenvalue weighted by Gasteiger charge is 2.30. The number of hydrogen-bond acceptors (Lipinski definition) is 7. The Labute approximate surface area is 215 Å². The van der Waals surface area contributed by atoms with E-state index in [-0.39, 0.29) is 22.7 Å². The molecule has 9 nitrogen and oxygen atoms in total. The van der Waals surface area contributed by atoms with Crippen LogP contribution < -0.4 is 15.8 Å². The Balaban J connectivity index is 0.000000313. The Hall–Kier alpha value is -3.77. The normalized spacial score (nSPS) is 16.1. The zero-order chi connectivity index (χ0) is 27.2. The number of hydrogen-bond donors (Lipinski definition) is 4. The van der Waals surface area contributed by atoms with Crippen molar-refractivity contribution in [2.45, 2.75) is 32.4 Å². The smallest absolute Gasteiger partial charge is 0.422 e. The van der Waals surface area contributed by atoms with Crippen LogP contribution in [-0.2, 0) is 4.79 Å². The van der Waals surface area contributed by atoms with E-state index in [9.17, 15) is 18.0 Å². The second-order valence-corrected chi connectivity index (χ2v) is 8.37. The number of fused-ring (bicyclic) bond motifs is 1. The van der Waals surface area contributed by atoms with Crippen LogP contribution in [0.2, 0.25) is 5.02 Å². The molecule has 1 aromatic carbocycles. The molecule has 13 heteroatoms. The van der Waals surface area contributed by atoms with Gasteiger partial charge in [0.1, 0.15) is 16.6 Å². The van der Waals surface area contributed by atoms with Crippen molar-refractivity contribution in [1.29, 1.82) is 0 Å². The van der Waals surface area contributed by atoms with E-state index in [1.54, 1.807) is 18.0 Å². The number of carboxylic acid groups (broad SMARTS) is 1. The number of nitrogens with zero attached hydrogens (tertiary/aromatic N) is 3. The molecule has 2 aromatic heterocycles. The maximum Gasteiger partial charge on any atom is 0.422 e. The summed E-state index contributed by atoms with van der Waals surface area (Å²) in [5, 5.41) is 13.3. The number of nitrogens with two attached hydrogens (primary N) is 1. The minimum Gasteiger partial charge on any atom is -0.477 e. The molecule has 0 radical (unpaired) electrons. The SMILES string of the molecule is CCNC1N=C(C(=O)O)C=CN1C(C)c1cnc(OCC(F)(F)F)c(Cl)c1.Nc1cc2ccccc2[nH]1. The van der Waals surface area contributed by atoms with Gasteiger partial charge in [0.15, 0.2) is 12.9 Å². The van der Waals surface area contributed by atoms with E-state index in [0.717, 1.165) is 11.3 Å². The first-order valence-corrected chi connectivity index (χ1v) is 11.5. The van der Waals surface area contributed by atoms with Crippen LogP contribution in [0.4, 0.5) is 19.0 Å². The second kappa shape index (κ2) is 12.0. The van der Waals surface area contributed by atoms with E-state index in [2.05, 4.69) is 25.0 Å². The van der Waals surface area contributed by atoms with Gasteiger partial charge in [-0.3, -0.25) is 5.32 Å². The second-order valence-electron chi connectivity index (χ2n) is 7.96. The average molecular weight is 539 g/mol. The van der Waals surface area contributed by atoms with Crippen LogP contribution >= 0.6 is 11.6 Å². The van der Waals surface area contributed by atoms with Crippen molar-refractivity contribution >= 4 is 40.0 Å². The van der Waals surface area contributed by atoms with E-state index < -0.39 is 25.0 Å². The minimum atomic E-state index is -4.49. The number of aliphatic imine (C=N–C) groups is 1. The molecule has 3 heterocycles. The number of H-pyrrole nitrogens is 1. The highest BCUT2D eigenvalue weighted by molar-refractivity contribution is 6.40. The predicted octanol–water partition coefficient (Wildman–Crippen LogP) is 4.74. The number of carbonyl (C=O) groups is 1. The molecule has 1 aliphatic heterocycles. The van der Waals surface area contributed by atoms with Gasteiger partial charge in [-0.25, -0.2) is 14.8 Å². The Bertz CT molecular complexity index is 1260. The van der Waals surface area contributed by atoms with Gasteiger partial charge in [-0.15, -0.1) is 0 Å². The number of benzene rings is 1. The van der Waals surface area contributed by atoms with Gasteiger partial charge in [-0.1, -0.05) is 36.7 Å². The van der Waals surface area contributed by atoms with Crippen LogP contribution in [-0.4, -0.2) is 57.3 Å². The molecule has 37 heavy (non-hydrogen) atoms. The Morgan fingerprint density at radius 2 is 2.08 bits per heavy atom. The third-order valence-corrected chi connectivity index (χ3v) is 5.51. The van der Waals surface area contributed by atoms with Gasteiger partial charge < -0.3 is 25.5 Å². The van der Waals surface area contributed by atoms with E-state index in [0.29, 0.717) is 12.1 Å². The Morgan fingerprint density at radius 3 is 2.70 bits per heavy atom. The number of aliphatic carboxylic acids is 1. The number of ether oxygens (including phenoxy) is 1. The van der Waals surface area contributed by atoms with Crippen LogP contribution in [0.3, 0.4) is 0 Å². The van der Waals surface area contributed by atoms with Crippen molar-refractivity contribution in [3.8, 4) is 5.88 Å². The Morgan fingerprint density at radius 1 is 1.35 bits per heavy atom. The van der Waals surface area contributed by atoms with E-state index in [4.69, 9.17) is 22.4 Å². The van der Waals surface area contributed by atoms with Crippen molar-refractivity contribution in [1.82, 2.24) is 20.2 Å². The fourth-order valence-corrected chi connectivity index (χ4v) is 3.70. The first-order chi connectivity index (χ1) is 17.5. The van der Waals surface area contributed by atoms with Crippen molar-refractivity contribution in [3.05, 3.63) is 65.5 Å². The van der Waals surface area contributed by atoms with Gasteiger partial charge in [0, 0.05) is 23.3 Å². The molecule has 5 N–H and O–H groups in total. The summed E-state index contributed by atoms with van der Waals surface area (Å²) in [6, 6.07) is 11.1. The lowest BCUT2D eigenvalue weighted by Crippen LogP contribution is -2.45. The van der Waals surface area contributed by atoms with E-state index >= 15 is 0 Å². The molecular weight excluding hydrogens is 513 g/mol. The van der Waals surface area contributed by atoms with Gasteiger partial charge in [-0.2, -0.15) is 13.2 Å². The monoisotopic (exact) mass is 538 g/mol. The molecule has 2 unspecified atom stereocenters. The Kier molecular flexibility index (Phi) is 9.00. The molecule has 0 fully saturated rings. The lowest BCUT2D eigenvalue weighted by atomic mass is 10.1. The number of carboxylic acids is 1. The molecule has 4 rings (SSSR count). The summed E-state index contributed by atoms with van der Waals surface area (Å²) in [5.74, 6) is -0.730. The largest absolute Gasteiger partial charge is 0.477 e. The fraction of sp³-hybridized carbons (Fsp3) is 0.292. The highest BCUT2D eigenvalue weighted by Crippen LogP contribution is 2.30. The van der Waals surface area contributed by atoms with Crippen LogP contribution in [0, 0.1) is 0 Å². The summed E-state index contributed by atoms with van der Waals surface area (Å²) in [4.78, 5) is 23.9. The van der Waals surface area contributed by atoms with Crippen LogP contribution in [0.25, 0.3) is 10.9 Å². The summed E-state index contributed by atoms with van der Waals surface area (Å²) < 4.78 is 41.4. The molecule has 2 atom stereocenters. The predicted molar refractivity (Wildman–Crippen MR) is 135 cm³/mol. The minimum absolute atomic E-state index is 0.0562. The summed E-state index contributed by atoms with van der Waals surface area (Å²) in [6.07, 6.45) is -0.816. The molecule has 0 saturated carbocycles. The number of halogens is 4. The quantitative estimate of drug-likeness (QED) is 0.342. The lowest BCUT2D eigenvalue weighted by molar-refractivity contribution is -0.154. The summed E-state index contributed by atoms with van der Waals surface area (Å²) in [6.45, 7) is 2.71. The van der Waals surface area contributed by atoms with E-state index in [1.165, 1.54) is 23.7 Å². The first kappa shape index (κ1) is 27.8. The highest BCUT2D eigenvalue weighted by atomic mass is 35.5. The number of rotatable bonds is 7. The lowest BCUT2D eigenvalue weighted by Gasteiger charge is -2.35.